The van der Waals surface area contributed by atoms with Crippen molar-refractivity contribution in [3.63, 3.8) is 0 Å². The van der Waals surface area contributed by atoms with Gasteiger partial charge in [0.15, 0.2) is 5.69 Å². The number of anilines is 1. The quantitative estimate of drug-likeness (QED) is 0.602. The second-order valence-corrected chi connectivity index (χ2v) is 8.10. The molecule has 29 heavy (non-hydrogen) atoms. The SMILES string of the molecule is CC(=O)N1c2ccccc2-c2nnc(SCC(C)C)nc2OC1c1cccnc1. The van der Waals surface area contributed by atoms with E-state index in [1.807, 2.05) is 36.4 Å². The van der Waals surface area contributed by atoms with Crippen LogP contribution in [0.3, 0.4) is 0 Å². The molecule has 8 heteroatoms. The van der Waals surface area contributed by atoms with Crippen LogP contribution in [0.2, 0.25) is 0 Å². The molecule has 0 spiro atoms. The number of thioether (sulfide) groups is 1. The molecule has 0 saturated carbocycles. The van der Waals surface area contributed by atoms with E-state index in [2.05, 4.69) is 34.0 Å². The van der Waals surface area contributed by atoms with E-state index in [4.69, 9.17) is 4.74 Å². The van der Waals surface area contributed by atoms with Crippen molar-refractivity contribution in [1.82, 2.24) is 20.2 Å². The van der Waals surface area contributed by atoms with Gasteiger partial charge in [-0.15, -0.1) is 10.2 Å². The normalized spacial score (nSPS) is 15.3. The first-order valence-electron chi connectivity index (χ1n) is 9.38. The first-order chi connectivity index (χ1) is 14.0. The third-order valence-electron chi connectivity index (χ3n) is 4.37. The largest absolute Gasteiger partial charge is 0.447 e. The molecule has 0 saturated heterocycles. The van der Waals surface area contributed by atoms with Crippen LogP contribution in [0.1, 0.15) is 32.6 Å². The van der Waals surface area contributed by atoms with Crippen molar-refractivity contribution >= 4 is 23.4 Å². The zero-order chi connectivity index (χ0) is 20.4. The lowest BCUT2D eigenvalue weighted by Gasteiger charge is -2.29. The van der Waals surface area contributed by atoms with Crippen LogP contribution in [0.25, 0.3) is 11.3 Å². The highest BCUT2D eigenvalue weighted by atomic mass is 32.2. The molecule has 4 rings (SSSR count). The molecule has 1 atom stereocenters. The molecule has 0 aliphatic carbocycles. The topological polar surface area (TPSA) is 81.1 Å². The summed E-state index contributed by atoms with van der Waals surface area (Å²) in [5, 5.41) is 9.24. The van der Waals surface area contributed by atoms with Crippen LogP contribution in [-0.4, -0.2) is 31.8 Å². The molecule has 3 heterocycles. The van der Waals surface area contributed by atoms with E-state index in [0.29, 0.717) is 28.3 Å². The number of amides is 1. The Hall–Kier alpha value is -3.00. The van der Waals surface area contributed by atoms with Crippen molar-refractivity contribution in [2.24, 2.45) is 5.92 Å². The zero-order valence-corrected chi connectivity index (χ0v) is 17.3. The van der Waals surface area contributed by atoms with Gasteiger partial charge in [-0.05, 0) is 18.1 Å². The molecule has 7 nitrogen and oxygen atoms in total. The Morgan fingerprint density at radius 1 is 1.21 bits per heavy atom. The third kappa shape index (κ3) is 3.93. The van der Waals surface area contributed by atoms with Crippen molar-refractivity contribution in [2.45, 2.75) is 32.2 Å². The van der Waals surface area contributed by atoms with E-state index in [-0.39, 0.29) is 5.91 Å². The molecule has 148 valence electrons. The van der Waals surface area contributed by atoms with Gasteiger partial charge in [0.2, 0.25) is 23.2 Å². The molecular weight excluding hydrogens is 386 g/mol. The van der Waals surface area contributed by atoms with E-state index < -0.39 is 6.23 Å². The summed E-state index contributed by atoms with van der Waals surface area (Å²) in [7, 11) is 0. The third-order valence-corrected chi connectivity index (χ3v) is 5.63. The van der Waals surface area contributed by atoms with E-state index >= 15 is 0 Å². The van der Waals surface area contributed by atoms with Gasteiger partial charge in [0, 0.05) is 36.2 Å². The predicted octanol–water partition coefficient (Wildman–Crippen LogP) is 4.13. The van der Waals surface area contributed by atoms with Gasteiger partial charge < -0.3 is 4.74 Å². The fourth-order valence-electron chi connectivity index (χ4n) is 3.09. The lowest BCUT2D eigenvalue weighted by Crippen LogP contribution is -2.36. The second-order valence-electron chi connectivity index (χ2n) is 7.12. The van der Waals surface area contributed by atoms with Gasteiger partial charge in [0.05, 0.1) is 5.69 Å². The molecule has 3 aromatic rings. The maximum absolute atomic E-state index is 12.7. The van der Waals surface area contributed by atoms with Crippen molar-refractivity contribution in [3.8, 4) is 17.1 Å². The smallest absolute Gasteiger partial charge is 0.247 e. The number of fused-ring (bicyclic) bond motifs is 3. The minimum Gasteiger partial charge on any atom is -0.447 e. The van der Waals surface area contributed by atoms with E-state index in [1.54, 1.807) is 17.3 Å². The average molecular weight is 407 g/mol. The summed E-state index contributed by atoms with van der Waals surface area (Å²) in [6.45, 7) is 5.79. The number of rotatable bonds is 4. The first kappa shape index (κ1) is 19.3. The van der Waals surface area contributed by atoms with Crippen LogP contribution in [-0.2, 0) is 4.79 Å². The minimum absolute atomic E-state index is 0.151. The Balaban J connectivity index is 1.87. The lowest BCUT2D eigenvalue weighted by molar-refractivity contribution is -0.118. The Kier molecular flexibility index (Phi) is 5.44. The summed E-state index contributed by atoms with van der Waals surface area (Å²) in [5.41, 5.74) is 2.73. The maximum atomic E-state index is 12.7. The molecule has 2 aromatic heterocycles. The van der Waals surface area contributed by atoms with Crippen LogP contribution in [0.5, 0.6) is 5.88 Å². The summed E-state index contributed by atoms with van der Waals surface area (Å²) in [4.78, 5) is 23.1. The number of carbonyl (C=O) groups excluding carboxylic acids is 1. The van der Waals surface area contributed by atoms with Crippen molar-refractivity contribution < 1.29 is 9.53 Å². The molecule has 0 fully saturated rings. The Labute approximate surface area is 173 Å². The number of carbonyl (C=O) groups is 1. The summed E-state index contributed by atoms with van der Waals surface area (Å²) in [6.07, 6.45) is 2.67. The van der Waals surface area contributed by atoms with Gasteiger partial charge >= 0.3 is 0 Å². The molecule has 1 aliphatic rings. The van der Waals surface area contributed by atoms with Crippen molar-refractivity contribution in [3.05, 3.63) is 54.4 Å². The maximum Gasteiger partial charge on any atom is 0.247 e. The van der Waals surface area contributed by atoms with Gasteiger partial charge in [-0.2, -0.15) is 4.98 Å². The van der Waals surface area contributed by atoms with Crippen molar-refractivity contribution in [2.75, 3.05) is 10.7 Å². The van der Waals surface area contributed by atoms with Gasteiger partial charge in [0.25, 0.3) is 0 Å². The van der Waals surface area contributed by atoms with Crippen LogP contribution < -0.4 is 9.64 Å². The van der Waals surface area contributed by atoms with Gasteiger partial charge in [-0.1, -0.05) is 49.9 Å². The number of nitrogens with zero attached hydrogens (tertiary/aromatic N) is 5. The molecule has 1 aliphatic heterocycles. The number of hydrogen-bond acceptors (Lipinski definition) is 7. The van der Waals surface area contributed by atoms with E-state index in [0.717, 1.165) is 16.9 Å². The van der Waals surface area contributed by atoms with Gasteiger partial charge in [-0.25, -0.2) is 0 Å². The molecule has 0 radical (unpaired) electrons. The average Bonchev–Trinajstić information content (AvgIpc) is 2.87. The van der Waals surface area contributed by atoms with Gasteiger partial charge in [0.1, 0.15) is 0 Å². The number of para-hydroxylation sites is 1. The van der Waals surface area contributed by atoms with Crippen molar-refractivity contribution in [1.29, 1.82) is 0 Å². The molecular formula is C21H21N5O2S. The summed E-state index contributed by atoms with van der Waals surface area (Å²) >= 11 is 1.54. The fourth-order valence-corrected chi connectivity index (χ4v) is 3.82. The van der Waals surface area contributed by atoms with E-state index in [1.165, 1.54) is 18.7 Å². The highest BCUT2D eigenvalue weighted by Crippen LogP contribution is 2.43. The summed E-state index contributed by atoms with van der Waals surface area (Å²) < 4.78 is 6.29. The Morgan fingerprint density at radius 2 is 2.03 bits per heavy atom. The first-order valence-corrected chi connectivity index (χ1v) is 10.4. The van der Waals surface area contributed by atoms with Crippen LogP contribution in [0.4, 0.5) is 5.69 Å². The molecule has 1 unspecified atom stereocenters. The van der Waals surface area contributed by atoms with Gasteiger partial charge in [-0.3, -0.25) is 14.7 Å². The Bertz CT molecular complexity index is 1030. The number of benzene rings is 1. The second kappa shape index (κ2) is 8.16. The Morgan fingerprint density at radius 3 is 2.76 bits per heavy atom. The molecule has 1 amide bonds. The highest BCUT2D eigenvalue weighted by Gasteiger charge is 2.34. The monoisotopic (exact) mass is 407 g/mol. The highest BCUT2D eigenvalue weighted by molar-refractivity contribution is 7.99. The van der Waals surface area contributed by atoms with Crippen LogP contribution >= 0.6 is 11.8 Å². The number of pyridine rings is 1. The van der Waals surface area contributed by atoms with Crippen LogP contribution in [0.15, 0.2) is 53.9 Å². The van der Waals surface area contributed by atoms with Crippen LogP contribution in [0, 0.1) is 5.92 Å². The summed E-state index contributed by atoms with van der Waals surface area (Å²) in [6, 6.07) is 11.3. The molecule has 1 aromatic carbocycles. The molecule has 0 N–H and O–H groups in total. The fraction of sp³-hybridized carbons (Fsp3) is 0.286. The minimum atomic E-state index is -0.705. The lowest BCUT2D eigenvalue weighted by atomic mass is 10.1. The van der Waals surface area contributed by atoms with E-state index in [9.17, 15) is 4.79 Å². The molecule has 0 bridgehead atoms. The predicted molar refractivity (Wildman–Crippen MR) is 112 cm³/mol. The number of hydrogen-bond donors (Lipinski definition) is 0. The zero-order valence-electron chi connectivity index (χ0n) is 16.4. The number of ether oxygens (including phenoxy) is 1. The standard InChI is InChI=1S/C21H21N5O2S/c1-13(2)12-29-21-23-19-18(24-25-21)16-8-4-5-9-17(16)26(14(3)27)20(28-19)15-7-6-10-22-11-15/h4-11,13,20H,12H2,1-3H3. The number of aromatic nitrogens is 4. The summed E-state index contributed by atoms with van der Waals surface area (Å²) in [5.74, 6) is 1.58.